The Morgan fingerprint density at radius 2 is 2.10 bits per heavy atom. The van der Waals surface area contributed by atoms with Gasteiger partial charge in [0.2, 0.25) is 0 Å². The SMILES string of the molecule is CC1CCC2(Cc3nc(OCCCC(F)CN4CCCC4)nc(N4CCCOC4)c3CO2)c2c1ccc(N)c2C#N. The van der Waals surface area contributed by atoms with Crippen molar-refractivity contribution in [3.8, 4) is 12.1 Å². The van der Waals surface area contributed by atoms with E-state index in [1.807, 2.05) is 12.1 Å². The molecule has 2 fully saturated rings. The Balaban J connectivity index is 1.25. The first-order valence-electron chi connectivity index (χ1n) is 15.2. The molecule has 9 nitrogen and oxygen atoms in total. The van der Waals surface area contributed by atoms with Gasteiger partial charge in [0.05, 0.1) is 31.1 Å². The lowest BCUT2D eigenvalue weighted by atomic mass is 9.69. The smallest absolute Gasteiger partial charge is 0.318 e. The summed E-state index contributed by atoms with van der Waals surface area (Å²) in [4.78, 5) is 14.0. The first-order valence-corrected chi connectivity index (χ1v) is 15.2. The number of benzene rings is 1. The summed E-state index contributed by atoms with van der Waals surface area (Å²) in [5.74, 6) is 1.08. The number of anilines is 2. The van der Waals surface area contributed by atoms with Crippen molar-refractivity contribution in [3.63, 3.8) is 0 Å². The zero-order valence-electron chi connectivity index (χ0n) is 24.0. The fraction of sp³-hybridized carbons (Fsp3) is 0.645. The van der Waals surface area contributed by atoms with Gasteiger partial charge in [0.15, 0.2) is 0 Å². The van der Waals surface area contributed by atoms with Gasteiger partial charge in [-0.1, -0.05) is 13.0 Å². The number of alkyl halides is 1. The summed E-state index contributed by atoms with van der Waals surface area (Å²) < 4.78 is 33.1. The third-order valence-electron chi connectivity index (χ3n) is 9.16. The number of rotatable bonds is 8. The number of aromatic nitrogens is 2. The van der Waals surface area contributed by atoms with Gasteiger partial charge in [0, 0.05) is 36.3 Å². The Kier molecular flexibility index (Phi) is 8.29. The molecule has 41 heavy (non-hydrogen) atoms. The zero-order chi connectivity index (χ0) is 28.4. The van der Waals surface area contributed by atoms with Gasteiger partial charge >= 0.3 is 6.01 Å². The monoisotopic (exact) mass is 564 g/mol. The molecule has 1 spiro atoms. The van der Waals surface area contributed by atoms with E-state index in [-0.39, 0.29) is 0 Å². The van der Waals surface area contributed by atoms with Crippen LogP contribution in [0.4, 0.5) is 15.9 Å². The van der Waals surface area contributed by atoms with Crippen molar-refractivity contribution >= 4 is 11.5 Å². The zero-order valence-corrected chi connectivity index (χ0v) is 24.0. The summed E-state index contributed by atoms with van der Waals surface area (Å²) >= 11 is 0. The predicted octanol–water partition coefficient (Wildman–Crippen LogP) is 4.57. The summed E-state index contributed by atoms with van der Waals surface area (Å²) in [5.41, 5.74) is 10.4. The molecule has 1 aromatic carbocycles. The standard InChI is InChI=1S/C31H41FN6O3/c1-21-9-10-31(28-23(21)7-8-26(34)24(28)17-33)16-27-25(19-41-31)29(38-13-5-14-39-20-38)36-30(35-27)40-15-4-6-22(32)18-37-11-2-3-12-37/h7-8,21-22H,2-6,9-16,18-20,34H2,1H3. The second-order valence-corrected chi connectivity index (χ2v) is 12.0. The molecule has 1 aliphatic carbocycles. The summed E-state index contributed by atoms with van der Waals surface area (Å²) in [6, 6.07) is 6.54. The van der Waals surface area contributed by atoms with Crippen molar-refractivity contribution in [1.82, 2.24) is 14.9 Å². The van der Waals surface area contributed by atoms with Crippen LogP contribution in [0.15, 0.2) is 12.1 Å². The van der Waals surface area contributed by atoms with E-state index in [0.29, 0.717) is 68.9 Å². The molecule has 3 unspecified atom stereocenters. The lowest BCUT2D eigenvalue weighted by molar-refractivity contribution is -0.0874. The maximum atomic E-state index is 14.6. The fourth-order valence-corrected chi connectivity index (χ4v) is 6.92. The highest BCUT2D eigenvalue weighted by Gasteiger charge is 2.46. The van der Waals surface area contributed by atoms with Crippen molar-refractivity contribution in [3.05, 3.63) is 40.1 Å². The third kappa shape index (κ3) is 5.72. The van der Waals surface area contributed by atoms with Crippen LogP contribution < -0.4 is 15.4 Å². The van der Waals surface area contributed by atoms with E-state index >= 15 is 0 Å². The van der Waals surface area contributed by atoms with Gasteiger partial charge < -0.3 is 29.7 Å². The fourth-order valence-electron chi connectivity index (χ4n) is 6.92. The molecule has 2 aromatic rings. The minimum Gasteiger partial charge on any atom is -0.463 e. The second-order valence-electron chi connectivity index (χ2n) is 12.0. The van der Waals surface area contributed by atoms with Crippen LogP contribution in [0.1, 0.15) is 85.7 Å². The first kappa shape index (κ1) is 28.1. The molecule has 0 bridgehead atoms. The van der Waals surface area contributed by atoms with Gasteiger partial charge in [-0.2, -0.15) is 15.2 Å². The summed E-state index contributed by atoms with van der Waals surface area (Å²) in [5, 5.41) is 10.1. The van der Waals surface area contributed by atoms with E-state index in [1.165, 1.54) is 0 Å². The molecule has 4 heterocycles. The van der Waals surface area contributed by atoms with Gasteiger partial charge in [-0.25, -0.2) is 4.39 Å². The lowest BCUT2D eigenvalue weighted by Crippen LogP contribution is -2.42. The van der Waals surface area contributed by atoms with Crippen LogP contribution in [0.2, 0.25) is 0 Å². The van der Waals surface area contributed by atoms with Crippen molar-refractivity contribution in [1.29, 1.82) is 5.26 Å². The third-order valence-corrected chi connectivity index (χ3v) is 9.16. The van der Waals surface area contributed by atoms with Gasteiger partial charge in [0.1, 0.15) is 30.4 Å². The first-order chi connectivity index (χ1) is 20.0. The highest BCUT2D eigenvalue weighted by molar-refractivity contribution is 5.64. The van der Waals surface area contributed by atoms with Crippen molar-refractivity contribution in [2.24, 2.45) is 0 Å². The van der Waals surface area contributed by atoms with E-state index in [4.69, 9.17) is 29.9 Å². The molecule has 3 atom stereocenters. The van der Waals surface area contributed by atoms with Crippen LogP contribution in [0.3, 0.4) is 0 Å². The topological polar surface area (TPSA) is 110 Å². The second kappa shape index (κ2) is 12.1. The van der Waals surface area contributed by atoms with Crippen LogP contribution >= 0.6 is 0 Å². The number of halogens is 1. The molecule has 0 radical (unpaired) electrons. The number of hydrogen-bond donors (Lipinski definition) is 1. The van der Waals surface area contributed by atoms with Gasteiger partial charge in [-0.05, 0) is 75.6 Å². The van der Waals surface area contributed by atoms with Crippen molar-refractivity contribution in [2.45, 2.75) is 82.6 Å². The number of ether oxygens (including phenoxy) is 3. The lowest BCUT2D eigenvalue weighted by Gasteiger charge is -2.45. The Morgan fingerprint density at radius 3 is 2.88 bits per heavy atom. The number of nitrogens with two attached hydrogens (primary N) is 1. The maximum absolute atomic E-state index is 14.6. The van der Waals surface area contributed by atoms with Gasteiger partial charge in [-0.15, -0.1) is 0 Å². The highest BCUT2D eigenvalue weighted by atomic mass is 19.1. The van der Waals surface area contributed by atoms with E-state index < -0.39 is 11.8 Å². The minimum atomic E-state index is -0.852. The molecule has 3 aliphatic heterocycles. The quantitative estimate of drug-likeness (QED) is 0.364. The summed E-state index contributed by atoms with van der Waals surface area (Å²) in [6.45, 7) is 7.37. The number of hydrogen-bond acceptors (Lipinski definition) is 9. The van der Waals surface area contributed by atoms with Crippen LogP contribution in [-0.4, -0.2) is 67.2 Å². The molecular formula is C31H41FN6O3. The van der Waals surface area contributed by atoms with E-state index in [9.17, 15) is 9.65 Å². The van der Waals surface area contributed by atoms with Crippen LogP contribution in [0, 0.1) is 11.3 Å². The average Bonchev–Trinajstić information content (AvgIpc) is 3.50. The Bertz CT molecular complexity index is 1290. The Hall–Kier alpha value is -3.00. The highest BCUT2D eigenvalue weighted by Crippen LogP contribution is 2.51. The van der Waals surface area contributed by atoms with Crippen LogP contribution in [0.25, 0.3) is 0 Å². The normalized spacial score (nSPS) is 25.0. The van der Waals surface area contributed by atoms with Crippen molar-refractivity contribution in [2.75, 3.05) is 56.8 Å². The number of fused-ring (bicyclic) bond motifs is 3. The van der Waals surface area contributed by atoms with Gasteiger partial charge in [-0.3, -0.25) is 0 Å². The molecule has 10 heteroatoms. The maximum Gasteiger partial charge on any atom is 0.318 e. The van der Waals surface area contributed by atoms with Crippen LogP contribution in [-0.2, 0) is 28.1 Å². The van der Waals surface area contributed by atoms with Crippen LogP contribution in [0.5, 0.6) is 6.01 Å². The summed E-state index contributed by atoms with van der Waals surface area (Å²) in [6.07, 6.45) is 5.66. The molecule has 0 saturated carbocycles. The number of nitrogens with zero attached hydrogens (tertiary/aromatic N) is 5. The molecule has 2 N–H and O–H groups in total. The Labute approximate surface area is 241 Å². The molecule has 6 rings (SSSR count). The van der Waals surface area contributed by atoms with Crippen molar-refractivity contribution < 1.29 is 18.6 Å². The van der Waals surface area contributed by atoms with E-state index in [1.54, 1.807) is 0 Å². The Morgan fingerprint density at radius 1 is 1.24 bits per heavy atom. The van der Waals surface area contributed by atoms with E-state index in [2.05, 4.69) is 22.8 Å². The largest absolute Gasteiger partial charge is 0.463 e. The molecule has 1 aromatic heterocycles. The molecule has 2 saturated heterocycles. The minimum absolute atomic E-state index is 0.300. The number of nitrogen functional groups attached to an aromatic ring is 1. The molecule has 220 valence electrons. The average molecular weight is 565 g/mol. The molecule has 4 aliphatic rings. The number of likely N-dealkylation sites (tertiary alicyclic amines) is 1. The van der Waals surface area contributed by atoms with E-state index in [0.717, 1.165) is 86.5 Å². The molecule has 0 amide bonds. The number of nitriles is 1. The molecular weight excluding hydrogens is 523 g/mol. The summed E-state index contributed by atoms with van der Waals surface area (Å²) in [7, 11) is 0. The predicted molar refractivity (Wildman–Crippen MR) is 154 cm³/mol. The van der Waals surface area contributed by atoms with Gasteiger partial charge in [0.25, 0.3) is 0 Å².